The predicted molar refractivity (Wildman–Crippen MR) is 108 cm³/mol. The Morgan fingerprint density at radius 3 is 3.14 bits per heavy atom. The molecule has 1 amide bonds. The van der Waals surface area contributed by atoms with Crippen LogP contribution in [0, 0.1) is 0 Å². The quantitative estimate of drug-likeness (QED) is 0.711. The second-order valence-electron chi connectivity index (χ2n) is 7.35. The van der Waals surface area contributed by atoms with Gasteiger partial charge in [-0.3, -0.25) is 9.59 Å². The average Bonchev–Trinajstić information content (AvgIpc) is 3.27. The number of nitrogens with one attached hydrogen (secondary N) is 2. The summed E-state index contributed by atoms with van der Waals surface area (Å²) in [6.45, 7) is 0.594. The molecule has 2 aliphatic rings. The molecule has 0 fully saturated rings. The van der Waals surface area contributed by atoms with Crippen LogP contribution in [0.1, 0.15) is 47.1 Å². The van der Waals surface area contributed by atoms with Crippen LogP contribution in [0.25, 0.3) is 10.2 Å². The first-order valence-electron chi connectivity index (χ1n) is 9.73. The molecule has 6 nitrogen and oxygen atoms in total. The van der Waals surface area contributed by atoms with Crippen molar-refractivity contribution in [2.24, 2.45) is 0 Å². The third kappa shape index (κ3) is 3.09. The number of hydrogen-bond acceptors (Lipinski definition) is 5. The molecule has 2 aromatic heterocycles. The molecule has 0 radical (unpaired) electrons. The minimum atomic E-state index is -0.0711. The van der Waals surface area contributed by atoms with Gasteiger partial charge in [-0.1, -0.05) is 18.2 Å². The van der Waals surface area contributed by atoms with Crippen molar-refractivity contribution < 1.29 is 9.53 Å². The molecule has 0 spiro atoms. The number of aromatic nitrogens is 2. The molecule has 5 rings (SSSR count). The molecule has 2 N–H and O–H groups in total. The number of hydrogen-bond donors (Lipinski definition) is 2. The summed E-state index contributed by atoms with van der Waals surface area (Å²) in [6, 6.07) is 7.77. The van der Waals surface area contributed by atoms with E-state index in [1.54, 1.807) is 11.3 Å². The van der Waals surface area contributed by atoms with Crippen molar-refractivity contribution >= 4 is 27.5 Å². The summed E-state index contributed by atoms with van der Waals surface area (Å²) in [6.07, 6.45) is 4.59. The van der Waals surface area contributed by atoms with Crippen LogP contribution in [0.3, 0.4) is 0 Å². The zero-order chi connectivity index (χ0) is 19.1. The van der Waals surface area contributed by atoms with E-state index in [9.17, 15) is 9.59 Å². The lowest BCUT2D eigenvalue weighted by Gasteiger charge is -2.26. The van der Waals surface area contributed by atoms with Crippen LogP contribution in [0.4, 0.5) is 0 Å². The summed E-state index contributed by atoms with van der Waals surface area (Å²) in [5.41, 5.74) is 2.12. The third-order valence-corrected chi connectivity index (χ3v) is 6.69. The van der Waals surface area contributed by atoms with E-state index in [-0.39, 0.29) is 17.5 Å². The average molecular weight is 395 g/mol. The Morgan fingerprint density at radius 1 is 1.32 bits per heavy atom. The van der Waals surface area contributed by atoms with E-state index in [0.29, 0.717) is 25.3 Å². The number of carbonyl (C=O) groups is 1. The first-order valence-corrected chi connectivity index (χ1v) is 10.6. The second-order valence-corrected chi connectivity index (χ2v) is 8.43. The molecule has 1 aliphatic carbocycles. The zero-order valence-electron chi connectivity index (χ0n) is 15.4. The Hall–Kier alpha value is -2.67. The lowest BCUT2D eigenvalue weighted by molar-refractivity contribution is -0.122. The van der Waals surface area contributed by atoms with Crippen molar-refractivity contribution in [2.75, 3.05) is 6.61 Å². The van der Waals surface area contributed by atoms with Crippen molar-refractivity contribution in [1.29, 1.82) is 0 Å². The monoisotopic (exact) mass is 395 g/mol. The van der Waals surface area contributed by atoms with Crippen molar-refractivity contribution in [1.82, 2.24) is 15.3 Å². The topological polar surface area (TPSA) is 84.1 Å². The number of benzene rings is 1. The highest BCUT2D eigenvalue weighted by Gasteiger charge is 2.23. The van der Waals surface area contributed by atoms with Gasteiger partial charge in [0.25, 0.3) is 5.56 Å². The first-order chi connectivity index (χ1) is 13.7. The summed E-state index contributed by atoms with van der Waals surface area (Å²) in [7, 11) is 0. The van der Waals surface area contributed by atoms with E-state index in [2.05, 4.69) is 15.3 Å². The largest absolute Gasteiger partial charge is 0.493 e. The van der Waals surface area contributed by atoms with Gasteiger partial charge in [-0.15, -0.1) is 11.3 Å². The number of thiophene rings is 1. The molecule has 0 saturated carbocycles. The van der Waals surface area contributed by atoms with Gasteiger partial charge in [-0.05, 0) is 30.9 Å². The van der Waals surface area contributed by atoms with Gasteiger partial charge in [0.15, 0.2) is 0 Å². The van der Waals surface area contributed by atoms with E-state index < -0.39 is 0 Å². The van der Waals surface area contributed by atoms with Gasteiger partial charge < -0.3 is 15.0 Å². The van der Waals surface area contributed by atoms with Crippen molar-refractivity contribution in [3.8, 4) is 5.75 Å². The molecule has 3 heterocycles. The summed E-state index contributed by atoms with van der Waals surface area (Å²) < 4.78 is 5.64. The fourth-order valence-corrected chi connectivity index (χ4v) is 5.44. The summed E-state index contributed by atoms with van der Waals surface area (Å²) in [4.78, 5) is 34.6. The van der Waals surface area contributed by atoms with Crippen molar-refractivity contribution in [3.05, 3.63) is 56.4 Å². The fourth-order valence-electron chi connectivity index (χ4n) is 4.16. The number of nitrogens with zero attached hydrogens (tertiary/aromatic N) is 1. The van der Waals surface area contributed by atoms with Gasteiger partial charge in [-0.2, -0.15) is 0 Å². The highest BCUT2D eigenvalue weighted by molar-refractivity contribution is 7.18. The lowest BCUT2D eigenvalue weighted by Crippen LogP contribution is -2.32. The van der Waals surface area contributed by atoms with Crippen LogP contribution in [-0.2, 0) is 24.1 Å². The van der Waals surface area contributed by atoms with Gasteiger partial charge in [0, 0.05) is 29.7 Å². The Morgan fingerprint density at radius 2 is 2.21 bits per heavy atom. The molecule has 1 atom stereocenters. The van der Waals surface area contributed by atoms with Gasteiger partial charge in [0.05, 0.1) is 18.0 Å². The molecular formula is C21H21N3O3S. The van der Waals surface area contributed by atoms with E-state index in [1.807, 2.05) is 24.3 Å². The van der Waals surface area contributed by atoms with E-state index in [1.165, 1.54) is 10.4 Å². The Kier molecular flexibility index (Phi) is 4.39. The van der Waals surface area contributed by atoms with Crippen LogP contribution in [0.5, 0.6) is 5.75 Å². The molecule has 3 aromatic rings. The summed E-state index contributed by atoms with van der Waals surface area (Å²) in [5, 5.41) is 3.85. The Labute approximate surface area is 166 Å². The number of fused-ring (bicyclic) bond motifs is 4. The molecule has 7 heteroatoms. The number of aromatic amines is 1. The van der Waals surface area contributed by atoms with Crippen LogP contribution in [0.15, 0.2) is 29.1 Å². The van der Waals surface area contributed by atoms with Gasteiger partial charge in [-0.25, -0.2) is 4.98 Å². The van der Waals surface area contributed by atoms with E-state index in [0.717, 1.165) is 47.2 Å². The normalized spacial score (nSPS) is 17.8. The summed E-state index contributed by atoms with van der Waals surface area (Å²) >= 11 is 1.62. The fraction of sp³-hybridized carbons (Fsp3) is 0.381. The Bertz CT molecular complexity index is 1120. The minimum absolute atomic E-state index is 0.0350. The number of ether oxygens (including phenoxy) is 1. The third-order valence-electron chi connectivity index (χ3n) is 5.51. The molecule has 0 bridgehead atoms. The SMILES string of the molecule is O=C(CCc1nc2sc3c(c2c(=O)[nH]1)CCC3)NC1CCOc2ccccc21. The molecule has 28 heavy (non-hydrogen) atoms. The van der Waals surface area contributed by atoms with Gasteiger partial charge in [0.1, 0.15) is 16.4 Å². The number of amides is 1. The molecule has 144 valence electrons. The number of carbonyl (C=O) groups excluding carboxylic acids is 1. The summed E-state index contributed by atoms with van der Waals surface area (Å²) in [5.74, 6) is 1.37. The van der Waals surface area contributed by atoms with Crippen molar-refractivity contribution in [2.45, 2.75) is 44.6 Å². The zero-order valence-corrected chi connectivity index (χ0v) is 16.2. The van der Waals surface area contributed by atoms with Crippen molar-refractivity contribution in [3.63, 3.8) is 0 Å². The van der Waals surface area contributed by atoms with Gasteiger partial charge in [0.2, 0.25) is 5.91 Å². The van der Waals surface area contributed by atoms with Crippen LogP contribution in [0.2, 0.25) is 0 Å². The highest BCUT2D eigenvalue weighted by atomic mass is 32.1. The van der Waals surface area contributed by atoms with Crippen LogP contribution >= 0.6 is 11.3 Å². The predicted octanol–water partition coefficient (Wildman–Crippen LogP) is 3.05. The number of para-hydroxylation sites is 1. The van der Waals surface area contributed by atoms with E-state index in [4.69, 9.17) is 4.74 Å². The number of aryl methyl sites for hydroxylation is 3. The lowest BCUT2D eigenvalue weighted by atomic mass is 10.0. The molecule has 0 saturated heterocycles. The number of H-pyrrole nitrogens is 1. The second kappa shape index (κ2) is 7.05. The Balaban J connectivity index is 1.28. The molecule has 1 aliphatic heterocycles. The maximum Gasteiger partial charge on any atom is 0.259 e. The molecule has 1 unspecified atom stereocenters. The smallest absolute Gasteiger partial charge is 0.259 e. The molecular weight excluding hydrogens is 374 g/mol. The minimum Gasteiger partial charge on any atom is -0.493 e. The van der Waals surface area contributed by atoms with Crippen LogP contribution in [-0.4, -0.2) is 22.5 Å². The van der Waals surface area contributed by atoms with E-state index >= 15 is 0 Å². The highest BCUT2D eigenvalue weighted by Crippen LogP contribution is 2.34. The standard InChI is InChI=1S/C21H21N3O3S/c25-18(22-14-10-11-27-15-6-2-1-4-12(14)15)9-8-17-23-20(26)19-13-5-3-7-16(13)28-21(19)24-17/h1-2,4,6,14H,3,5,7-11H2,(H,22,25)(H,23,24,26). The van der Waals surface area contributed by atoms with Crippen LogP contribution < -0.4 is 15.6 Å². The number of rotatable bonds is 4. The molecule has 1 aromatic carbocycles. The maximum absolute atomic E-state index is 12.5. The first kappa shape index (κ1) is 17.4. The maximum atomic E-state index is 12.5. The van der Waals surface area contributed by atoms with Gasteiger partial charge >= 0.3 is 0 Å².